The fourth-order valence-electron chi connectivity index (χ4n) is 3.29. The molecule has 2 atom stereocenters. The molecule has 1 N–H and O–H groups in total. The Morgan fingerprint density at radius 1 is 1.33 bits per heavy atom. The van der Waals surface area contributed by atoms with Gasteiger partial charge in [-0.25, -0.2) is 9.50 Å². The third-order valence-electron chi connectivity index (χ3n) is 4.29. The zero-order valence-electron chi connectivity index (χ0n) is 10.0. The van der Waals surface area contributed by atoms with E-state index in [0.29, 0.717) is 0 Å². The second kappa shape index (κ2) is 3.95. The fourth-order valence-corrected chi connectivity index (χ4v) is 3.75. The van der Waals surface area contributed by atoms with Gasteiger partial charge in [-0.3, -0.25) is 0 Å². The Hall–Kier alpha value is -1.10. The Morgan fingerprint density at radius 3 is 3.00 bits per heavy atom. The maximum atomic E-state index is 4.43. The molecule has 5 heteroatoms. The maximum absolute atomic E-state index is 4.43. The number of aromatic nitrogens is 3. The number of halogens is 1. The minimum atomic E-state index is 0.831. The molecule has 0 aromatic carbocycles. The van der Waals surface area contributed by atoms with Gasteiger partial charge in [-0.2, -0.15) is 5.10 Å². The number of fused-ring (bicyclic) bond motifs is 2. The first kappa shape index (κ1) is 10.8. The predicted molar refractivity (Wildman–Crippen MR) is 73.5 cm³/mol. The van der Waals surface area contributed by atoms with E-state index in [1.54, 1.807) is 6.20 Å². The molecule has 2 aromatic heterocycles. The van der Waals surface area contributed by atoms with E-state index in [-0.39, 0.29) is 0 Å². The third-order valence-corrected chi connectivity index (χ3v) is 4.87. The van der Waals surface area contributed by atoms with Crippen LogP contribution in [-0.4, -0.2) is 21.1 Å². The molecular weight excluding hydrogens is 292 g/mol. The summed E-state index contributed by atoms with van der Waals surface area (Å²) < 4.78 is 2.85. The van der Waals surface area contributed by atoms with Gasteiger partial charge < -0.3 is 5.32 Å². The summed E-state index contributed by atoms with van der Waals surface area (Å²) in [6.07, 6.45) is 9.77. The van der Waals surface area contributed by atoms with E-state index in [2.05, 4.69) is 31.3 Å². The summed E-state index contributed by atoms with van der Waals surface area (Å²) in [5.41, 5.74) is 1.03. The van der Waals surface area contributed by atoms with E-state index < -0.39 is 0 Å². The molecular formula is C13H15BrN4. The molecule has 0 amide bonds. The third kappa shape index (κ3) is 1.72. The van der Waals surface area contributed by atoms with E-state index in [1.807, 2.05) is 16.9 Å². The van der Waals surface area contributed by atoms with Crippen LogP contribution in [0.1, 0.15) is 19.3 Å². The molecule has 2 heterocycles. The van der Waals surface area contributed by atoms with Crippen LogP contribution in [0.2, 0.25) is 0 Å². The van der Waals surface area contributed by atoms with E-state index in [1.165, 1.54) is 19.3 Å². The summed E-state index contributed by atoms with van der Waals surface area (Å²) in [5.74, 6) is 3.85. The minimum absolute atomic E-state index is 0.831. The zero-order valence-corrected chi connectivity index (χ0v) is 11.6. The lowest BCUT2D eigenvalue weighted by molar-refractivity contribution is 0.511. The summed E-state index contributed by atoms with van der Waals surface area (Å²) in [5, 5.41) is 7.76. The molecule has 2 aromatic rings. The number of nitrogens with zero attached hydrogens (tertiary/aromatic N) is 3. The minimum Gasteiger partial charge on any atom is -0.368 e. The Morgan fingerprint density at radius 2 is 2.17 bits per heavy atom. The highest BCUT2D eigenvalue weighted by atomic mass is 79.9. The molecule has 2 fully saturated rings. The van der Waals surface area contributed by atoms with Crippen molar-refractivity contribution >= 4 is 27.3 Å². The zero-order chi connectivity index (χ0) is 12.1. The van der Waals surface area contributed by atoms with Crippen molar-refractivity contribution in [1.82, 2.24) is 14.6 Å². The molecule has 4 nitrogen and oxygen atoms in total. The molecule has 0 bridgehead atoms. The average Bonchev–Trinajstić information content (AvgIpc) is 2.82. The highest BCUT2D eigenvalue weighted by molar-refractivity contribution is 9.10. The van der Waals surface area contributed by atoms with Crippen LogP contribution in [0.4, 0.5) is 5.82 Å². The Labute approximate surface area is 114 Å². The molecule has 0 saturated heterocycles. The number of anilines is 1. The Balaban J connectivity index is 1.53. The van der Waals surface area contributed by atoms with Crippen molar-refractivity contribution in [2.45, 2.75) is 19.3 Å². The van der Waals surface area contributed by atoms with Gasteiger partial charge in [0.25, 0.3) is 0 Å². The van der Waals surface area contributed by atoms with Crippen LogP contribution < -0.4 is 5.32 Å². The predicted octanol–water partition coefficient (Wildman–Crippen LogP) is 2.95. The van der Waals surface area contributed by atoms with Crippen molar-refractivity contribution < 1.29 is 0 Å². The highest BCUT2D eigenvalue weighted by Crippen LogP contribution is 2.54. The molecule has 94 valence electrons. The summed E-state index contributed by atoms with van der Waals surface area (Å²) in [4.78, 5) is 4.43. The molecule has 18 heavy (non-hydrogen) atoms. The summed E-state index contributed by atoms with van der Waals surface area (Å²) in [6.45, 7) is 1.04. The molecule has 0 aliphatic heterocycles. The van der Waals surface area contributed by atoms with Crippen LogP contribution in [0.25, 0.3) is 5.52 Å². The lowest BCUT2D eigenvalue weighted by atomic mass is 10.0. The van der Waals surface area contributed by atoms with Gasteiger partial charge in [-0.15, -0.1) is 0 Å². The summed E-state index contributed by atoms with van der Waals surface area (Å²) in [7, 11) is 0. The summed E-state index contributed by atoms with van der Waals surface area (Å²) in [6, 6.07) is 0. The van der Waals surface area contributed by atoms with Crippen molar-refractivity contribution in [3.8, 4) is 0 Å². The first-order valence-corrected chi connectivity index (χ1v) is 7.32. The van der Waals surface area contributed by atoms with Crippen LogP contribution in [0.3, 0.4) is 0 Å². The Kier molecular flexibility index (Phi) is 2.37. The molecule has 0 radical (unpaired) electrons. The van der Waals surface area contributed by atoms with Gasteiger partial charge in [0.2, 0.25) is 0 Å². The first-order valence-electron chi connectivity index (χ1n) is 6.53. The maximum Gasteiger partial charge on any atom is 0.153 e. The second-order valence-electron chi connectivity index (χ2n) is 5.54. The van der Waals surface area contributed by atoms with Crippen LogP contribution in [-0.2, 0) is 0 Å². The smallest absolute Gasteiger partial charge is 0.153 e. The van der Waals surface area contributed by atoms with Gasteiger partial charge in [0.15, 0.2) is 5.82 Å². The van der Waals surface area contributed by atoms with Crippen molar-refractivity contribution in [3.63, 3.8) is 0 Å². The van der Waals surface area contributed by atoms with E-state index in [4.69, 9.17) is 0 Å². The van der Waals surface area contributed by atoms with Gasteiger partial charge in [0, 0.05) is 18.9 Å². The number of nitrogens with one attached hydrogen (secondary N) is 1. The molecule has 4 rings (SSSR count). The van der Waals surface area contributed by atoms with Crippen LogP contribution in [0.15, 0.2) is 23.1 Å². The van der Waals surface area contributed by atoms with Crippen molar-refractivity contribution in [2.24, 2.45) is 17.8 Å². The average molecular weight is 307 g/mol. The molecule has 0 spiro atoms. The van der Waals surface area contributed by atoms with E-state index >= 15 is 0 Å². The van der Waals surface area contributed by atoms with Crippen LogP contribution in [0, 0.1) is 17.8 Å². The van der Waals surface area contributed by atoms with Gasteiger partial charge in [-0.05, 0) is 52.9 Å². The lowest BCUT2D eigenvalue weighted by Gasteiger charge is -2.13. The summed E-state index contributed by atoms with van der Waals surface area (Å²) >= 11 is 3.52. The Bertz CT molecular complexity index is 584. The topological polar surface area (TPSA) is 42.2 Å². The van der Waals surface area contributed by atoms with Gasteiger partial charge in [0.1, 0.15) is 5.52 Å². The highest BCUT2D eigenvalue weighted by Gasteiger charge is 2.45. The molecule has 2 aliphatic carbocycles. The number of hydrogen-bond acceptors (Lipinski definition) is 3. The van der Waals surface area contributed by atoms with Crippen molar-refractivity contribution in [3.05, 3.63) is 23.1 Å². The van der Waals surface area contributed by atoms with E-state index in [9.17, 15) is 0 Å². The molecule has 2 aliphatic rings. The standard InChI is InChI=1S/C13H15BrN4/c14-11-7-17-18-2-1-15-13(12(11)18)16-6-8-3-9-5-10(9)4-8/h1-2,7-10H,3-6H2,(H,15,16). The van der Waals surface area contributed by atoms with Crippen LogP contribution >= 0.6 is 15.9 Å². The second-order valence-corrected chi connectivity index (χ2v) is 6.39. The van der Waals surface area contributed by atoms with Gasteiger partial charge >= 0.3 is 0 Å². The normalized spacial score (nSPS) is 29.5. The quantitative estimate of drug-likeness (QED) is 0.948. The largest absolute Gasteiger partial charge is 0.368 e. The monoisotopic (exact) mass is 306 g/mol. The SMILES string of the molecule is Brc1cnn2ccnc(NCC3CC4CC4C3)c12. The molecule has 2 unspecified atom stereocenters. The van der Waals surface area contributed by atoms with E-state index in [0.717, 1.165) is 40.1 Å². The molecule has 2 saturated carbocycles. The first-order chi connectivity index (χ1) is 8.81. The van der Waals surface area contributed by atoms with Crippen molar-refractivity contribution in [1.29, 1.82) is 0 Å². The van der Waals surface area contributed by atoms with Crippen molar-refractivity contribution in [2.75, 3.05) is 11.9 Å². The fraction of sp³-hybridized carbons (Fsp3) is 0.538. The number of rotatable bonds is 3. The lowest BCUT2D eigenvalue weighted by Crippen LogP contribution is -2.14. The van der Waals surface area contributed by atoms with Gasteiger partial charge in [0.05, 0.1) is 10.7 Å². The van der Waals surface area contributed by atoms with Crippen LogP contribution in [0.5, 0.6) is 0 Å². The van der Waals surface area contributed by atoms with Gasteiger partial charge in [-0.1, -0.05) is 0 Å². The number of hydrogen-bond donors (Lipinski definition) is 1.